The molecule has 0 spiro atoms. The first-order valence-corrected chi connectivity index (χ1v) is 13.1. The average Bonchev–Trinajstić information content (AvgIpc) is 2.78. The molecule has 186 valence electrons. The molecule has 0 fully saturated rings. The van der Waals surface area contributed by atoms with Crippen molar-refractivity contribution in [2.45, 2.75) is 39.8 Å². The lowest BCUT2D eigenvalue weighted by Crippen LogP contribution is -2.51. The molecule has 1 unspecified atom stereocenters. The van der Waals surface area contributed by atoms with Crippen molar-refractivity contribution in [1.29, 1.82) is 0 Å². The fourth-order valence-electron chi connectivity index (χ4n) is 3.44. The number of methoxy groups -OCH3 is 1. The summed E-state index contributed by atoms with van der Waals surface area (Å²) < 4.78 is 31.6. The number of amides is 2. The molecule has 34 heavy (non-hydrogen) atoms. The maximum absolute atomic E-state index is 13.5. The van der Waals surface area contributed by atoms with Crippen molar-refractivity contribution in [3.8, 4) is 5.75 Å². The van der Waals surface area contributed by atoms with Gasteiger partial charge in [-0.1, -0.05) is 48.4 Å². The summed E-state index contributed by atoms with van der Waals surface area (Å²) in [4.78, 5) is 27.6. The van der Waals surface area contributed by atoms with E-state index in [1.165, 1.54) is 24.1 Å². The number of nitrogens with one attached hydrogen (secondary N) is 1. The number of anilines is 1. The number of sulfonamides is 1. The third kappa shape index (κ3) is 7.36. The normalized spacial score (nSPS) is 12.1. The number of hydrogen-bond acceptors (Lipinski definition) is 5. The molecule has 0 aliphatic heterocycles. The largest absolute Gasteiger partial charge is 0.495 e. The highest BCUT2D eigenvalue weighted by atomic mass is 35.5. The lowest BCUT2D eigenvalue weighted by atomic mass is 10.1. The minimum atomic E-state index is -3.89. The van der Waals surface area contributed by atoms with Crippen molar-refractivity contribution in [3.63, 3.8) is 0 Å². The van der Waals surface area contributed by atoms with Crippen LogP contribution in [0.15, 0.2) is 42.5 Å². The molecule has 0 saturated heterocycles. The maximum atomic E-state index is 13.5. The molecule has 2 amide bonds. The number of ether oxygens (including phenoxy) is 1. The Labute approximate surface area is 206 Å². The van der Waals surface area contributed by atoms with Crippen LogP contribution in [0.3, 0.4) is 0 Å². The number of aryl methyl sites for hydroxylation is 1. The van der Waals surface area contributed by atoms with Crippen LogP contribution in [0.5, 0.6) is 5.75 Å². The lowest BCUT2D eigenvalue weighted by molar-refractivity contribution is -0.139. The Morgan fingerprint density at radius 2 is 1.88 bits per heavy atom. The van der Waals surface area contributed by atoms with Crippen molar-refractivity contribution < 1.29 is 22.7 Å². The molecular formula is C24H32ClN3O5S. The molecule has 0 aromatic heterocycles. The Balaban J connectivity index is 2.45. The average molecular weight is 510 g/mol. The van der Waals surface area contributed by atoms with Gasteiger partial charge in [0.15, 0.2) is 0 Å². The summed E-state index contributed by atoms with van der Waals surface area (Å²) in [6.45, 7) is 5.60. The molecule has 2 aromatic rings. The van der Waals surface area contributed by atoms with E-state index >= 15 is 0 Å². The van der Waals surface area contributed by atoms with Gasteiger partial charge < -0.3 is 15.0 Å². The SMILES string of the molecule is CCCNC(=O)C(C)N(Cc1cccc(C)c1)C(=O)CN(c1cc(Cl)ccc1OC)S(C)(=O)=O. The standard InChI is InChI=1S/C24H32ClN3O5S/c1-6-12-26-24(30)18(3)27(15-19-9-7-8-17(2)13-19)23(29)16-28(34(5,31)32)21-14-20(25)10-11-22(21)33-4/h7-11,13-14,18H,6,12,15-16H2,1-5H3,(H,26,30). The Kier molecular flexibility index (Phi) is 9.76. The molecule has 1 N–H and O–H groups in total. The van der Waals surface area contributed by atoms with Crippen molar-refractivity contribution in [2.75, 3.05) is 30.8 Å². The number of rotatable bonds is 11. The predicted molar refractivity (Wildman–Crippen MR) is 135 cm³/mol. The molecule has 0 aliphatic carbocycles. The van der Waals surface area contributed by atoms with Crippen molar-refractivity contribution in [1.82, 2.24) is 10.2 Å². The summed E-state index contributed by atoms with van der Waals surface area (Å²) in [7, 11) is -2.49. The van der Waals surface area contributed by atoms with E-state index in [0.717, 1.165) is 28.1 Å². The van der Waals surface area contributed by atoms with E-state index in [1.54, 1.807) is 13.0 Å². The smallest absolute Gasteiger partial charge is 0.244 e. The first kappa shape index (κ1) is 27.5. The Hall–Kier alpha value is -2.78. The van der Waals surface area contributed by atoms with E-state index in [-0.39, 0.29) is 23.9 Å². The number of hydrogen-bond donors (Lipinski definition) is 1. The lowest BCUT2D eigenvalue weighted by Gasteiger charge is -2.32. The Bertz CT molecular complexity index is 1120. The van der Waals surface area contributed by atoms with E-state index in [9.17, 15) is 18.0 Å². The predicted octanol–water partition coefficient (Wildman–Crippen LogP) is 3.37. The topological polar surface area (TPSA) is 96.0 Å². The zero-order valence-electron chi connectivity index (χ0n) is 20.2. The summed E-state index contributed by atoms with van der Waals surface area (Å²) in [6.07, 6.45) is 1.75. The van der Waals surface area contributed by atoms with Gasteiger partial charge in [-0.3, -0.25) is 13.9 Å². The highest BCUT2D eigenvalue weighted by molar-refractivity contribution is 7.92. The first-order chi connectivity index (χ1) is 16.0. The third-order valence-corrected chi connectivity index (χ3v) is 6.60. The Morgan fingerprint density at radius 1 is 1.18 bits per heavy atom. The van der Waals surface area contributed by atoms with Crippen molar-refractivity contribution in [2.24, 2.45) is 0 Å². The zero-order chi connectivity index (χ0) is 25.5. The molecule has 0 aliphatic rings. The highest BCUT2D eigenvalue weighted by Gasteiger charge is 2.31. The van der Waals surface area contributed by atoms with Crippen LogP contribution in [0, 0.1) is 6.92 Å². The second kappa shape index (κ2) is 12.1. The quantitative estimate of drug-likeness (QED) is 0.501. The van der Waals surface area contributed by atoms with Crippen LogP contribution in [0.4, 0.5) is 5.69 Å². The third-order valence-electron chi connectivity index (χ3n) is 5.24. The highest BCUT2D eigenvalue weighted by Crippen LogP contribution is 2.33. The zero-order valence-corrected chi connectivity index (χ0v) is 21.7. The minimum Gasteiger partial charge on any atom is -0.495 e. The molecule has 2 rings (SSSR count). The maximum Gasteiger partial charge on any atom is 0.244 e. The van der Waals surface area contributed by atoms with E-state index in [4.69, 9.17) is 16.3 Å². The second-order valence-corrected chi connectivity index (χ2v) is 10.4. The van der Waals surface area contributed by atoms with Gasteiger partial charge in [-0.2, -0.15) is 0 Å². The van der Waals surface area contributed by atoms with Crippen LogP contribution >= 0.6 is 11.6 Å². The van der Waals surface area contributed by atoms with E-state index in [2.05, 4.69) is 5.32 Å². The Morgan fingerprint density at radius 3 is 2.47 bits per heavy atom. The fraction of sp³-hybridized carbons (Fsp3) is 0.417. The molecule has 0 radical (unpaired) electrons. The van der Waals surface area contributed by atoms with E-state index in [1.807, 2.05) is 38.1 Å². The van der Waals surface area contributed by atoms with Crippen molar-refractivity contribution in [3.05, 3.63) is 58.6 Å². The summed E-state index contributed by atoms with van der Waals surface area (Å²) >= 11 is 6.10. The second-order valence-electron chi connectivity index (χ2n) is 8.06. The van der Waals surface area contributed by atoms with Crippen LogP contribution in [0.2, 0.25) is 5.02 Å². The number of benzene rings is 2. The van der Waals surface area contributed by atoms with E-state index < -0.39 is 28.5 Å². The van der Waals surface area contributed by atoms with Crippen LogP contribution in [-0.4, -0.2) is 57.6 Å². The summed E-state index contributed by atoms with van der Waals surface area (Å²) in [5, 5.41) is 3.10. The number of halogens is 1. The number of carbonyl (C=O) groups excluding carboxylic acids is 2. The van der Waals surface area contributed by atoms with Gasteiger partial charge >= 0.3 is 0 Å². The van der Waals surface area contributed by atoms with Crippen LogP contribution < -0.4 is 14.4 Å². The fourth-order valence-corrected chi connectivity index (χ4v) is 4.45. The molecule has 0 heterocycles. The van der Waals surface area contributed by atoms with Gasteiger partial charge in [-0.05, 0) is 44.0 Å². The van der Waals surface area contributed by atoms with Gasteiger partial charge in [0, 0.05) is 18.1 Å². The summed E-state index contributed by atoms with van der Waals surface area (Å²) in [5.41, 5.74) is 1.98. The minimum absolute atomic E-state index is 0.143. The van der Waals surface area contributed by atoms with Gasteiger partial charge in [-0.15, -0.1) is 0 Å². The van der Waals surface area contributed by atoms with Crippen LogP contribution in [0.1, 0.15) is 31.4 Å². The molecule has 0 saturated carbocycles. The number of nitrogens with zero attached hydrogens (tertiary/aromatic N) is 2. The van der Waals surface area contributed by atoms with Gasteiger partial charge in [0.1, 0.15) is 18.3 Å². The molecule has 10 heteroatoms. The van der Waals surface area contributed by atoms with Crippen molar-refractivity contribution >= 4 is 39.1 Å². The molecule has 0 bridgehead atoms. The van der Waals surface area contributed by atoms with Gasteiger partial charge in [0.05, 0.1) is 19.1 Å². The van der Waals surface area contributed by atoms with Gasteiger partial charge in [0.25, 0.3) is 0 Å². The molecular weight excluding hydrogens is 478 g/mol. The molecule has 2 aromatic carbocycles. The molecule has 8 nitrogen and oxygen atoms in total. The first-order valence-electron chi connectivity index (χ1n) is 10.9. The summed E-state index contributed by atoms with van der Waals surface area (Å²) in [5.74, 6) is -0.594. The van der Waals surface area contributed by atoms with Crippen LogP contribution in [-0.2, 0) is 26.2 Å². The van der Waals surface area contributed by atoms with Gasteiger partial charge in [0.2, 0.25) is 21.8 Å². The number of carbonyl (C=O) groups is 2. The van der Waals surface area contributed by atoms with Crippen LogP contribution in [0.25, 0.3) is 0 Å². The molecule has 1 atom stereocenters. The summed E-state index contributed by atoms with van der Waals surface area (Å²) in [6, 6.07) is 11.3. The van der Waals surface area contributed by atoms with Gasteiger partial charge in [-0.25, -0.2) is 8.42 Å². The van der Waals surface area contributed by atoms with E-state index in [0.29, 0.717) is 11.6 Å². The monoisotopic (exact) mass is 509 g/mol.